The van der Waals surface area contributed by atoms with Gasteiger partial charge in [-0.3, -0.25) is 9.78 Å². The van der Waals surface area contributed by atoms with Gasteiger partial charge in [0.1, 0.15) is 0 Å². The van der Waals surface area contributed by atoms with Gasteiger partial charge in [-0.05, 0) is 30.7 Å². The van der Waals surface area contributed by atoms with Gasteiger partial charge in [-0.1, -0.05) is 25.4 Å². The second kappa shape index (κ2) is 5.70. The normalized spacial score (nSPS) is 17.2. The lowest BCUT2D eigenvalue weighted by Crippen LogP contribution is -2.39. The van der Waals surface area contributed by atoms with Gasteiger partial charge in [0.25, 0.3) is 5.91 Å². The minimum atomic E-state index is 0.0320. The van der Waals surface area contributed by atoms with Crippen LogP contribution >= 0.6 is 11.6 Å². The number of pyridine rings is 1. The Morgan fingerprint density at radius 1 is 1.44 bits per heavy atom. The van der Waals surface area contributed by atoms with Crippen molar-refractivity contribution in [2.75, 3.05) is 13.1 Å². The molecule has 0 N–H and O–H groups in total. The Balaban J connectivity index is 2.02. The van der Waals surface area contributed by atoms with Crippen molar-refractivity contribution in [2.24, 2.45) is 11.8 Å². The molecule has 0 radical (unpaired) electrons. The van der Waals surface area contributed by atoms with E-state index in [0.29, 0.717) is 16.5 Å². The molecule has 0 saturated carbocycles. The van der Waals surface area contributed by atoms with Crippen molar-refractivity contribution in [1.29, 1.82) is 0 Å². The molecule has 0 atom stereocenters. The largest absolute Gasteiger partial charge is 0.339 e. The Morgan fingerprint density at radius 3 is 2.67 bits per heavy atom. The summed E-state index contributed by atoms with van der Waals surface area (Å²) in [6, 6.07) is 1.69. The summed E-state index contributed by atoms with van der Waals surface area (Å²) in [5.41, 5.74) is 0.565. The highest BCUT2D eigenvalue weighted by atomic mass is 35.5. The summed E-state index contributed by atoms with van der Waals surface area (Å²) in [7, 11) is 0. The van der Waals surface area contributed by atoms with Crippen molar-refractivity contribution < 1.29 is 4.79 Å². The Bertz CT molecular complexity index is 426. The zero-order valence-electron chi connectivity index (χ0n) is 10.9. The number of rotatable bonds is 2. The standard InChI is InChI=1S/C14H19ClN2O/c1-10(2)11-4-7-17(8-5-11)14(18)12-3-6-16-9-13(12)15/h3,6,9-11H,4-5,7-8H2,1-2H3. The third-order valence-electron chi connectivity index (χ3n) is 3.77. The van der Waals surface area contributed by atoms with Crippen molar-refractivity contribution >= 4 is 17.5 Å². The van der Waals surface area contributed by atoms with E-state index in [1.165, 1.54) is 6.20 Å². The summed E-state index contributed by atoms with van der Waals surface area (Å²) in [6.07, 6.45) is 5.31. The summed E-state index contributed by atoms with van der Waals surface area (Å²) in [5, 5.41) is 0.438. The molecule has 2 heterocycles. The maximum absolute atomic E-state index is 12.3. The van der Waals surface area contributed by atoms with Gasteiger partial charge in [0, 0.05) is 25.5 Å². The van der Waals surface area contributed by atoms with Crippen molar-refractivity contribution in [2.45, 2.75) is 26.7 Å². The predicted octanol–water partition coefficient (Wildman–Crippen LogP) is 3.24. The minimum absolute atomic E-state index is 0.0320. The van der Waals surface area contributed by atoms with Gasteiger partial charge >= 0.3 is 0 Å². The van der Waals surface area contributed by atoms with Crippen LogP contribution in [0.1, 0.15) is 37.0 Å². The molecule has 2 rings (SSSR count). The molecule has 1 aliphatic rings. The molecule has 0 bridgehead atoms. The van der Waals surface area contributed by atoms with Crippen molar-refractivity contribution in [1.82, 2.24) is 9.88 Å². The molecule has 98 valence electrons. The number of amides is 1. The average Bonchev–Trinajstić information content (AvgIpc) is 2.38. The topological polar surface area (TPSA) is 33.2 Å². The number of hydrogen-bond donors (Lipinski definition) is 0. The zero-order valence-corrected chi connectivity index (χ0v) is 11.7. The fourth-order valence-electron chi connectivity index (χ4n) is 2.49. The molecule has 1 aromatic heterocycles. The molecular formula is C14H19ClN2O. The van der Waals surface area contributed by atoms with E-state index in [1.807, 2.05) is 4.90 Å². The molecule has 18 heavy (non-hydrogen) atoms. The van der Waals surface area contributed by atoms with Crippen LogP contribution in [-0.4, -0.2) is 28.9 Å². The highest BCUT2D eigenvalue weighted by Crippen LogP contribution is 2.26. The van der Waals surface area contributed by atoms with Crippen LogP contribution < -0.4 is 0 Å². The number of piperidine rings is 1. The maximum atomic E-state index is 12.3. The van der Waals surface area contributed by atoms with Crippen LogP contribution in [0, 0.1) is 11.8 Å². The Kier molecular flexibility index (Phi) is 4.23. The lowest BCUT2D eigenvalue weighted by atomic mass is 9.86. The molecule has 0 spiro atoms. The van der Waals surface area contributed by atoms with Crippen LogP contribution in [0.2, 0.25) is 5.02 Å². The van der Waals surface area contributed by atoms with Gasteiger partial charge < -0.3 is 4.90 Å². The first-order valence-electron chi connectivity index (χ1n) is 6.48. The number of hydrogen-bond acceptors (Lipinski definition) is 2. The van der Waals surface area contributed by atoms with Crippen molar-refractivity contribution in [3.8, 4) is 0 Å². The lowest BCUT2D eigenvalue weighted by Gasteiger charge is -2.34. The zero-order chi connectivity index (χ0) is 13.1. The number of likely N-dealkylation sites (tertiary alicyclic amines) is 1. The van der Waals surface area contributed by atoms with E-state index < -0.39 is 0 Å². The van der Waals surface area contributed by atoms with Crippen LogP contribution in [0.4, 0.5) is 0 Å². The van der Waals surface area contributed by atoms with Crippen LogP contribution in [0.3, 0.4) is 0 Å². The van der Waals surface area contributed by atoms with Gasteiger partial charge in [-0.25, -0.2) is 0 Å². The van der Waals surface area contributed by atoms with Gasteiger partial charge in [-0.2, -0.15) is 0 Å². The number of nitrogens with zero attached hydrogens (tertiary/aromatic N) is 2. The van der Waals surface area contributed by atoms with Crippen molar-refractivity contribution in [3.05, 3.63) is 29.0 Å². The molecule has 1 aliphatic heterocycles. The summed E-state index contributed by atoms with van der Waals surface area (Å²) in [6.45, 7) is 6.17. The molecule has 1 aromatic rings. The summed E-state index contributed by atoms with van der Waals surface area (Å²) < 4.78 is 0. The quantitative estimate of drug-likeness (QED) is 0.823. The predicted molar refractivity (Wildman–Crippen MR) is 72.7 cm³/mol. The second-order valence-corrected chi connectivity index (χ2v) is 5.64. The molecule has 1 amide bonds. The molecule has 0 aliphatic carbocycles. The third-order valence-corrected chi connectivity index (χ3v) is 4.07. The molecule has 1 fully saturated rings. The molecule has 3 nitrogen and oxygen atoms in total. The SMILES string of the molecule is CC(C)C1CCN(C(=O)c2ccncc2Cl)CC1. The smallest absolute Gasteiger partial charge is 0.255 e. The van der Waals surface area contributed by atoms with E-state index >= 15 is 0 Å². The molecule has 4 heteroatoms. The van der Waals surface area contributed by atoms with E-state index in [-0.39, 0.29) is 5.91 Å². The van der Waals surface area contributed by atoms with Crippen LogP contribution in [0.25, 0.3) is 0 Å². The third kappa shape index (κ3) is 2.83. The van der Waals surface area contributed by atoms with E-state index in [1.54, 1.807) is 12.3 Å². The maximum Gasteiger partial charge on any atom is 0.255 e. The highest BCUT2D eigenvalue weighted by Gasteiger charge is 2.26. The first-order valence-corrected chi connectivity index (χ1v) is 6.86. The Morgan fingerprint density at radius 2 is 2.11 bits per heavy atom. The van der Waals surface area contributed by atoms with E-state index in [2.05, 4.69) is 18.8 Å². The van der Waals surface area contributed by atoms with Crippen LogP contribution in [-0.2, 0) is 0 Å². The summed E-state index contributed by atoms with van der Waals surface area (Å²) >= 11 is 6.01. The highest BCUT2D eigenvalue weighted by molar-refractivity contribution is 6.33. The first kappa shape index (κ1) is 13.3. The second-order valence-electron chi connectivity index (χ2n) is 5.23. The first-order chi connectivity index (χ1) is 8.59. The lowest BCUT2D eigenvalue weighted by molar-refractivity contribution is 0.0668. The van der Waals surface area contributed by atoms with E-state index in [0.717, 1.165) is 31.8 Å². The number of carbonyl (C=O) groups excluding carboxylic acids is 1. The van der Waals surface area contributed by atoms with Crippen LogP contribution in [0.5, 0.6) is 0 Å². The van der Waals surface area contributed by atoms with Gasteiger partial charge in [0.15, 0.2) is 0 Å². The average molecular weight is 267 g/mol. The van der Waals surface area contributed by atoms with Gasteiger partial charge in [0.2, 0.25) is 0 Å². The Hall–Kier alpha value is -1.09. The monoisotopic (exact) mass is 266 g/mol. The van der Waals surface area contributed by atoms with Gasteiger partial charge in [0.05, 0.1) is 10.6 Å². The van der Waals surface area contributed by atoms with E-state index in [9.17, 15) is 4.79 Å². The Labute approximate surface area is 113 Å². The number of aromatic nitrogens is 1. The summed E-state index contributed by atoms with van der Waals surface area (Å²) in [4.78, 5) is 18.1. The molecular weight excluding hydrogens is 248 g/mol. The minimum Gasteiger partial charge on any atom is -0.339 e. The molecule has 0 unspecified atom stereocenters. The number of carbonyl (C=O) groups is 1. The summed E-state index contributed by atoms with van der Waals surface area (Å²) in [5.74, 6) is 1.47. The molecule has 1 saturated heterocycles. The fourth-order valence-corrected chi connectivity index (χ4v) is 2.69. The van der Waals surface area contributed by atoms with Crippen LogP contribution in [0.15, 0.2) is 18.5 Å². The molecule has 0 aromatic carbocycles. The van der Waals surface area contributed by atoms with E-state index in [4.69, 9.17) is 11.6 Å². The van der Waals surface area contributed by atoms with Gasteiger partial charge in [-0.15, -0.1) is 0 Å². The number of halogens is 1. The van der Waals surface area contributed by atoms with Crippen molar-refractivity contribution in [3.63, 3.8) is 0 Å². The fraction of sp³-hybridized carbons (Fsp3) is 0.571.